The first-order valence-corrected chi connectivity index (χ1v) is 9.21. The number of aromatic nitrogens is 4. The third kappa shape index (κ3) is 3.48. The average Bonchev–Trinajstić information content (AvgIpc) is 3.10. The molecule has 0 amide bonds. The molecule has 0 atom stereocenters. The van der Waals surface area contributed by atoms with E-state index in [-0.39, 0.29) is 5.82 Å². The minimum absolute atomic E-state index is 0.364. The number of fused-ring (bicyclic) bond motifs is 1. The van der Waals surface area contributed by atoms with Crippen molar-refractivity contribution in [1.82, 2.24) is 20.2 Å². The molecule has 0 bridgehead atoms. The zero-order valence-electron chi connectivity index (χ0n) is 14.6. The topological polar surface area (TPSA) is 73.8 Å². The van der Waals surface area contributed by atoms with Crippen molar-refractivity contribution in [2.45, 2.75) is 24.8 Å². The highest BCUT2D eigenvalue weighted by Crippen LogP contribution is 2.28. The van der Waals surface area contributed by atoms with E-state index in [9.17, 15) is 9.18 Å². The Morgan fingerprint density at radius 1 is 1.15 bits per heavy atom. The predicted molar refractivity (Wildman–Crippen MR) is 101 cm³/mol. The molecule has 0 fully saturated rings. The number of rotatable bonds is 4. The average molecular weight is 382 g/mol. The van der Waals surface area contributed by atoms with Crippen LogP contribution in [0.15, 0.2) is 56.8 Å². The normalized spacial score (nSPS) is 11.2. The Morgan fingerprint density at radius 3 is 2.78 bits per heavy atom. The van der Waals surface area contributed by atoms with Crippen molar-refractivity contribution in [3.63, 3.8) is 0 Å². The first-order chi connectivity index (χ1) is 13.0. The summed E-state index contributed by atoms with van der Waals surface area (Å²) in [6.45, 7) is 3.99. The molecular formula is C19H15FN4O2S. The fourth-order valence-electron chi connectivity index (χ4n) is 2.78. The van der Waals surface area contributed by atoms with E-state index in [0.717, 1.165) is 22.1 Å². The maximum Gasteiger partial charge on any atom is 0.336 e. The number of halogens is 1. The number of benzene rings is 2. The molecule has 0 unspecified atom stereocenters. The first kappa shape index (κ1) is 17.4. The Bertz CT molecular complexity index is 1200. The number of nitrogens with zero attached hydrogens (tertiary/aromatic N) is 4. The maximum absolute atomic E-state index is 13.5. The molecule has 4 aromatic rings. The van der Waals surface area contributed by atoms with E-state index in [1.54, 1.807) is 12.1 Å². The molecule has 6 nitrogen and oxygen atoms in total. The summed E-state index contributed by atoms with van der Waals surface area (Å²) in [5, 5.41) is 13.0. The van der Waals surface area contributed by atoms with Crippen LogP contribution in [0, 0.1) is 19.7 Å². The van der Waals surface area contributed by atoms with E-state index < -0.39 is 5.63 Å². The Hall–Kier alpha value is -3.00. The molecule has 2 aromatic heterocycles. The molecule has 0 radical (unpaired) electrons. The lowest BCUT2D eigenvalue weighted by Crippen LogP contribution is -2.02. The molecule has 2 heterocycles. The van der Waals surface area contributed by atoms with Gasteiger partial charge in [0, 0.05) is 17.2 Å². The smallest absolute Gasteiger partial charge is 0.336 e. The van der Waals surface area contributed by atoms with E-state index in [1.165, 1.54) is 34.6 Å². The van der Waals surface area contributed by atoms with Crippen molar-refractivity contribution in [3.05, 3.63) is 75.4 Å². The summed E-state index contributed by atoms with van der Waals surface area (Å²) < 4.78 is 20.3. The van der Waals surface area contributed by atoms with E-state index in [0.29, 0.717) is 22.2 Å². The number of tetrazole rings is 1. The molecule has 0 saturated carbocycles. The van der Waals surface area contributed by atoms with Crippen LogP contribution in [-0.2, 0) is 5.75 Å². The third-order valence-corrected chi connectivity index (χ3v) is 5.26. The fourth-order valence-corrected chi connectivity index (χ4v) is 3.67. The van der Waals surface area contributed by atoms with Crippen LogP contribution in [0.4, 0.5) is 4.39 Å². The maximum atomic E-state index is 13.5. The van der Waals surface area contributed by atoms with Gasteiger partial charge in [-0.05, 0) is 71.3 Å². The highest BCUT2D eigenvalue weighted by atomic mass is 32.2. The van der Waals surface area contributed by atoms with Crippen molar-refractivity contribution in [2.75, 3.05) is 0 Å². The lowest BCUT2D eigenvalue weighted by Gasteiger charge is -2.08. The second-order valence-electron chi connectivity index (χ2n) is 6.17. The Kier molecular flexibility index (Phi) is 4.49. The predicted octanol–water partition coefficient (Wildman–Crippen LogP) is 3.82. The monoisotopic (exact) mass is 382 g/mol. The van der Waals surface area contributed by atoms with Gasteiger partial charge in [0.1, 0.15) is 11.4 Å². The SMILES string of the molecule is Cc1cc2oc(=O)cc(CSc3nnnn3-c3cccc(F)c3)c2cc1C. The van der Waals surface area contributed by atoms with Crippen molar-refractivity contribution in [1.29, 1.82) is 0 Å². The van der Waals surface area contributed by atoms with Crippen molar-refractivity contribution in [3.8, 4) is 5.69 Å². The van der Waals surface area contributed by atoms with Gasteiger partial charge in [-0.15, -0.1) is 5.10 Å². The van der Waals surface area contributed by atoms with Crippen LogP contribution in [0.3, 0.4) is 0 Å². The zero-order chi connectivity index (χ0) is 19.0. The minimum atomic E-state index is -0.397. The zero-order valence-corrected chi connectivity index (χ0v) is 15.5. The molecular weight excluding hydrogens is 367 g/mol. The van der Waals surface area contributed by atoms with E-state index in [1.807, 2.05) is 26.0 Å². The molecule has 4 rings (SSSR count). The standard InChI is InChI=1S/C19H15FN4O2S/c1-11-6-16-13(8-18(25)26-17(16)7-12(11)2)10-27-19-21-22-23-24(19)15-5-3-4-14(20)9-15/h3-9H,10H2,1-2H3. The van der Waals surface area contributed by atoms with Crippen LogP contribution >= 0.6 is 11.8 Å². The summed E-state index contributed by atoms with van der Waals surface area (Å²) in [5.41, 5.74) is 3.71. The lowest BCUT2D eigenvalue weighted by molar-refractivity contribution is 0.559. The molecule has 136 valence electrons. The molecule has 0 aliphatic carbocycles. The van der Waals surface area contributed by atoms with Crippen molar-refractivity contribution >= 4 is 22.7 Å². The van der Waals surface area contributed by atoms with Crippen LogP contribution in [0.1, 0.15) is 16.7 Å². The highest BCUT2D eigenvalue weighted by molar-refractivity contribution is 7.98. The molecule has 0 spiro atoms. The van der Waals surface area contributed by atoms with Crippen LogP contribution in [-0.4, -0.2) is 20.2 Å². The van der Waals surface area contributed by atoms with Gasteiger partial charge in [0.25, 0.3) is 0 Å². The molecule has 0 saturated heterocycles. The Morgan fingerprint density at radius 2 is 1.96 bits per heavy atom. The van der Waals surface area contributed by atoms with E-state index in [2.05, 4.69) is 15.5 Å². The number of thioether (sulfide) groups is 1. The van der Waals surface area contributed by atoms with Crippen molar-refractivity contribution < 1.29 is 8.81 Å². The molecule has 0 N–H and O–H groups in total. The van der Waals surface area contributed by atoms with Gasteiger partial charge in [-0.1, -0.05) is 17.8 Å². The van der Waals surface area contributed by atoms with Crippen LogP contribution in [0.5, 0.6) is 0 Å². The Balaban J connectivity index is 1.68. The van der Waals surface area contributed by atoms with E-state index >= 15 is 0 Å². The summed E-state index contributed by atoms with van der Waals surface area (Å²) in [6, 6.07) is 11.4. The first-order valence-electron chi connectivity index (χ1n) is 8.22. The summed E-state index contributed by atoms with van der Waals surface area (Å²) in [6.07, 6.45) is 0. The quantitative estimate of drug-likeness (QED) is 0.395. The molecule has 27 heavy (non-hydrogen) atoms. The summed E-state index contributed by atoms with van der Waals surface area (Å²) in [5.74, 6) is 0.108. The van der Waals surface area contributed by atoms with Gasteiger partial charge in [0.15, 0.2) is 0 Å². The van der Waals surface area contributed by atoms with Gasteiger partial charge in [0.05, 0.1) is 5.69 Å². The number of hydrogen-bond acceptors (Lipinski definition) is 6. The van der Waals surface area contributed by atoms with Gasteiger partial charge in [-0.25, -0.2) is 9.18 Å². The van der Waals surface area contributed by atoms with Gasteiger partial charge in [-0.2, -0.15) is 4.68 Å². The van der Waals surface area contributed by atoms with Gasteiger partial charge >= 0.3 is 5.63 Å². The second-order valence-corrected chi connectivity index (χ2v) is 7.11. The van der Waals surface area contributed by atoms with Crippen LogP contribution < -0.4 is 5.63 Å². The third-order valence-electron chi connectivity index (χ3n) is 4.29. The van der Waals surface area contributed by atoms with Crippen molar-refractivity contribution in [2.24, 2.45) is 0 Å². The molecule has 8 heteroatoms. The van der Waals surface area contributed by atoms with Gasteiger partial charge < -0.3 is 4.42 Å². The van der Waals surface area contributed by atoms with Crippen LogP contribution in [0.25, 0.3) is 16.7 Å². The summed E-state index contributed by atoms with van der Waals surface area (Å²) in [4.78, 5) is 11.9. The number of hydrogen-bond donors (Lipinski definition) is 0. The number of aryl methyl sites for hydroxylation is 2. The Labute approximate surface area is 158 Å². The molecule has 0 aliphatic rings. The molecule has 2 aromatic carbocycles. The van der Waals surface area contributed by atoms with Crippen LogP contribution in [0.2, 0.25) is 0 Å². The minimum Gasteiger partial charge on any atom is -0.423 e. The largest absolute Gasteiger partial charge is 0.423 e. The fraction of sp³-hybridized carbons (Fsp3) is 0.158. The summed E-state index contributed by atoms with van der Waals surface area (Å²) >= 11 is 1.36. The van der Waals surface area contributed by atoms with Gasteiger partial charge in [0.2, 0.25) is 5.16 Å². The summed E-state index contributed by atoms with van der Waals surface area (Å²) in [7, 11) is 0. The lowest BCUT2D eigenvalue weighted by atomic mass is 10.0. The highest BCUT2D eigenvalue weighted by Gasteiger charge is 2.13. The van der Waals surface area contributed by atoms with E-state index in [4.69, 9.17) is 4.42 Å². The second kappa shape index (κ2) is 6.96. The molecule has 0 aliphatic heterocycles. The van der Waals surface area contributed by atoms with Gasteiger partial charge in [-0.3, -0.25) is 0 Å².